The number of likely N-dealkylation sites (tertiary alicyclic amines) is 2. The second-order valence-corrected chi connectivity index (χ2v) is 17.7. The number of allylic oxidation sites excluding steroid dienone is 2. The van der Waals surface area contributed by atoms with E-state index in [2.05, 4.69) is 32.7 Å². The minimum atomic E-state index is -1.32. The average Bonchev–Trinajstić information content (AvgIpc) is 4.06. The molecule has 4 amide bonds. The number of nitrogens with one attached hydrogen (secondary N) is 4. The quantitative estimate of drug-likeness (QED) is 0.0889. The lowest BCUT2D eigenvalue weighted by molar-refractivity contribution is -0.131. The molecule has 0 spiro atoms. The van der Waals surface area contributed by atoms with Crippen LogP contribution in [0.3, 0.4) is 0 Å². The molecule has 4 aliphatic rings. The number of benzene rings is 2. The van der Waals surface area contributed by atoms with Crippen LogP contribution in [-0.4, -0.2) is 76.0 Å². The Bertz CT molecular complexity index is 2410. The van der Waals surface area contributed by atoms with Crippen molar-refractivity contribution in [3.63, 3.8) is 0 Å². The van der Waals surface area contributed by atoms with Crippen LogP contribution < -0.4 is 10.6 Å². The third-order valence-corrected chi connectivity index (χ3v) is 12.9. The van der Waals surface area contributed by atoms with Crippen LogP contribution in [0.25, 0.3) is 33.6 Å². The van der Waals surface area contributed by atoms with E-state index in [1.54, 1.807) is 23.6 Å². The number of carboxylic acid groups (broad SMARTS) is 2. The molecule has 2 saturated heterocycles. The highest BCUT2D eigenvalue weighted by molar-refractivity contribution is 5.98. The smallest absolute Gasteiger partial charge is 0.409 e. The van der Waals surface area contributed by atoms with Crippen molar-refractivity contribution >= 4 is 24.0 Å². The molecule has 2 saturated carbocycles. The lowest BCUT2D eigenvalue weighted by Gasteiger charge is -2.37. The fraction of sp³-hybridized carbons (Fsp3) is 0.391. The molecular formula is C46H48N10O6. The number of H-pyrrole nitrogens is 2. The highest BCUT2D eigenvalue weighted by Crippen LogP contribution is 2.48. The predicted molar refractivity (Wildman–Crippen MR) is 226 cm³/mol. The Labute approximate surface area is 358 Å². The first-order valence-corrected chi connectivity index (χ1v) is 20.8. The molecule has 318 valence electrons. The van der Waals surface area contributed by atoms with Gasteiger partial charge in [0.2, 0.25) is 0 Å². The van der Waals surface area contributed by atoms with E-state index in [4.69, 9.17) is 9.97 Å². The summed E-state index contributed by atoms with van der Waals surface area (Å²) in [6, 6.07) is 19.5. The van der Waals surface area contributed by atoms with Gasteiger partial charge in [-0.05, 0) is 101 Å². The normalized spacial score (nSPS) is 25.3. The number of aromatic nitrogens is 4. The van der Waals surface area contributed by atoms with Gasteiger partial charge in [-0.3, -0.25) is 20.2 Å². The van der Waals surface area contributed by atoms with E-state index in [0.717, 1.165) is 35.1 Å². The lowest BCUT2D eigenvalue weighted by Crippen LogP contribution is -2.43. The number of aromatic amines is 2. The van der Waals surface area contributed by atoms with E-state index in [-0.39, 0.29) is 35.6 Å². The number of hydrogen-bond donors (Lipinski definition) is 6. The van der Waals surface area contributed by atoms with E-state index < -0.39 is 34.8 Å². The molecule has 16 nitrogen and oxygen atoms in total. The molecule has 2 aliphatic heterocycles. The number of carbonyl (C=O) groups excluding carboxylic acids is 2. The topological polar surface area (TPSA) is 244 Å². The van der Waals surface area contributed by atoms with Gasteiger partial charge in [-0.25, -0.2) is 19.6 Å². The summed E-state index contributed by atoms with van der Waals surface area (Å²) in [6.45, 7) is 7.49. The molecular weight excluding hydrogens is 789 g/mol. The zero-order chi connectivity index (χ0) is 44.1. The zero-order valence-corrected chi connectivity index (χ0v) is 35.0. The van der Waals surface area contributed by atoms with Crippen LogP contribution in [0.15, 0.2) is 83.5 Å². The van der Waals surface area contributed by atoms with Crippen molar-refractivity contribution in [2.75, 3.05) is 0 Å². The van der Waals surface area contributed by atoms with Crippen LogP contribution in [0.5, 0.6) is 0 Å². The Hall–Kier alpha value is -7.20. The molecule has 2 aromatic heterocycles. The molecule has 16 heteroatoms. The standard InChI is InChI=1S/C46H48N10O6/c1-25-5-15-35(55(25)41(57)37(53-43(59)60)31-17-45(3,18-31)23-47)39-49-21-33(51-39)29-11-7-27(8-12-29)28-9-13-30(14-10-28)34-22-50-40(52-34)36-16-6-26(2)56(36)42(58)38(54-44(61)62)32-19-46(4,20-32)24-48/h7-14,21-22,25-26,35-36,53-54H,5-6,15-20H2,1-4H3,(H,49,51)(H,50,52)(H,59,60)(H,61,62)/t25-,26-,35-,36-,45?,46?/m0/s1. The van der Waals surface area contributed by atoms with E-state index in [1.165, 1.54) is 0 Å². The molecule has 6 N–H and O–H groups in total. The van der Waals surface area contributed by atoms with Gasteiger partial charge in [-0.1, -0.05) is 48.5 Å². The first-order valence-electron chi connectivity index (χ1n) is 20.8. The third kappa shape index (κ3) is 7.80. The van der Waals surface area contributed by atoms with Crippen LogP contribution >= 0.6 is 0 Å². The molecule has 0 bridgehead atoms. The second-order valence-electron chi connectivity index (χ2n) is 17.7. The zero-order valence-electron chi connectivity index (χ0n) is 35.0. The first kappa shape index (κ1) is 41.5. The number of hydrogen-bond acceptors (Lipinski definition) is 8. The molecule has 0 radical (unpaired) electrons. The predicted octanol–water partition coefficient (Wildman–Crippen LogP) is 7.93. The van der Waals surface area contributed by atoms with Crippen LogP contribution in [0.2, 0.25) is 0 Å². The van der Waals surface area contributed by atoms with Crippen molar-refractivity contribution in [2.45, 2.75) is 103 Å². The van der Waals surface area contributed by atoms with E-state index in [9.17, 15) is 39.9 Å². The summed E-state index contributed by atoms with van der Waals surface area (Å²) in [4.78, 5) is 71.0. The molecule has 4 aromatic rings. The SMILES string of the molecule is C[C@H]1CC[C@@H](c2nc(-c3ccc(-c4ccc(-c5c[nH]c([C@@H]6CC[C@H](C)N6C(=O)C(NC(=O)O)=C6CC(C)(C#N)C6)n5)cc4)cc3)c[nH]2)N1C(=O)C(NC(=O)O)=C1CC(C)(C#N)C1. The number of nitrogens with zero attached hydrogens (tertiary/aromatic N) is 6. The molecule has 8 rings (SSSR count). The fourth-order valence-corrected chi connectivity index (χ4v) is 9.52. The largest absolute Gasteiger partial charge is 0.465 e. The second kappa shape index (κ2) is 16.0. The number of rotatable bonds is 9. The Morgan fingerprint density at radius 1 is 0.629 bits per heavy atom. The summed E-state index contributed by atoms with van der Waals surface area (Å²) in [5.74, 6) is 0.418. The van der Waals surface area contributed by atoms with Crippen LogP contribution in [-0.2, 0) is 9.59 Å². The number of carbonyl (C=O) groups is 4. The monoisotopic (exact) mass is 836 g/mol. The average molecular weight is 837 g/mol. The minimum absolute atomic E-state index is 0.0311. The van der Waals surface area contributed by atoms with E-state index in [1.807, 2.05) is 74.8 Å². The Kier molecular flexibility index (Phi) is 10.7. The summed E-state index contributed by atoms with van der Waals surface area (Å²) in [5, 5.41) is 42.8. The van der Waals surface area contributed by atoms with Gasteiger partial charge in [0.15, 0.2) is 0 Å². The lowest BCUT2D eigenvalue weighted by atomic mass is 9.67. The maximum Gasteiger partial charge on any atom is 0.409 e. The van der Waals surface area contributed by atoms with Gasteiger partial charge in [0.25, 0.3) is 11.8 Å². The third-order valence-electron chi connectivity index (χ3n) is 12.9. The maximum atomic E-state index is 13.9. The Morgan fingerprint density at radius 3 is 1.29 bits per heavy atom. The van der Waals surface area contributed by atoms with Crippen molar-refractivity contribution in [3.05, 3.63) is 95.1 Å². The highest BCUT2D eigenvalue weighted by atomic mass is 16.4. The summed E-state index contributed by atoms with van der Waals surface area (Å²) >= 11 is 0. The maximum absolute atomic E-state index is 13.9. The molecule has 4 atom stereocenters. The summed E-state index contributed by atoms with van der Waals surface area (Å²) < 4.78 is 0. The van der Waals surface area contributed by atoms with E-state index in [0.29, 0.717) is 72.7 Å². The Morgan fingerprint density at radius 2 is 0.968 bits per heavy atom. The molecule has 62 heavy (non-hydrogen) atoms. The number of nitriles is 2. The molecule has 4 fully saturated rings. The molecule has 0 unspecified atom stereocenters. The summed E-state index contributed by atoms with van der Waals surface area (Å²) in [5.41, 5.74) is 5.27. The van der Waals surface area contributed by atoms with Crippen molar-refractivity contribution in [2.24, 2.45) is 10.8 Å². The minimum Gasteiger partial charge on any atom is -0.465 e. The molecule has 2 aromatic carbocycles. The van der Waals surface area contributed by atoms with Gasteiger partial charge in [0, 0.05) is 35.6 Å². The Balaban J connectivity index is 0.943. The van der Waals surface area contributed by atoms with Gasteiger partial charge in [-0.15, -0.1) is 0 Å². The summed E-state index contributed by atoms with van der Waals surface area (Å²) in [6.07, 6.45) is 5.09. The van der Waals surface area contributed by atoms with Crippen LogP contribution in [0.1, 0.15) is 103 Å². The van der Waals surface area contributed by atoms with Crippen molar-refractivity contribution < 1.29 is 29.4 Å². The van der Waals surface area contributed by atoms with Crippen LogP contribution in [0, 0.1) is 33.5 Å². The van der Waals surface area contributed by atoms with Crippen molar-refractivity contribution in [1.29, 1.82) is 10.5 Å². The number of imidazole rings is 2. The molecule has 2 aliphatic carbocycles. The van der Waals surface area contributed by atoms with Crippen molar-refractivity contribution in [3.8, 4) is 45.8 Å². The van der Waals surface area contributed by atoms with Gasteiger partial charge in [0.05, 0.1) is 46.4 Å². The van der Waals surface area contributed by atoms with E-state index >= 15 is 0 Å². The highest BCUT2D eigenvalue weighted by Gasteiger charge is 2.45. The number of amides is 4. The fourth-order valence-electron chi connectivity index (χ4n) is 9.52. The van der Waals surface area contributed by atoms with Gasteiger partial charge in [0.1, 0.15) is 23.0 Å². The van der Waals surface area contributed by atoms with Crippen LogP contribution in [0.4, 0.5) is 9.59 Å². The molecule has 4 heterocycles. The van der Waals surface area contributed by atoms with Gasteiger partial charge < -0.3 is 30.0 Å². The summed E-state index contributed by atoms with van der Waals surface area (Å²) in [7, 11) is 0. The van der Waals surface area contributed by atoms with Gasteiger partial charge >= 0.3 is 12.2 Å². The first-order chi connectivity index (χ1) is 29.6. The van der Waals surface area contributed by atoms with Crippen molar-refractivity contribution in [1.82, 2.24) is 40.4 Å². The van der Waals surface area contributed by atoms with Gasteiger partial charge in [-0.2, -0.15) is 10.5 Å².